The van der Waals surface area contributed by atoms with Crippen LogP contribution >= 0.6 is 0 Å². The van der Waals surface area contributed by atoms with Gasteiger partial charge < -0.3 is 14.6 Å². The van der Waals surface area contributed by atoms with Crippen LogP contribution in [0.25, 0.3) is 0 Å². The van der Waals surface area contributed by atoms with Crippen molar-refractivity contribution in [3.63, 3.8) is 0 Å². The summed E-state index contributed by atoms with van der Waals surface area (Å²) in [5.74, 6) is -0.718. The van der Waals surface area contributed by atoms with Crippen molar-refractivity contribution in [3.05, 3.63) is 47.0 Å². The molecule has 0 spiro atoms. The first kappa shape index (κ1) is 15.8. The number of esters is 1. The molecule has 0 saturated carbocycles. The van der Waals surface area contributed by atoms with Gasteiger partial charge in [-0.2, -0.15) is 0 Å². The van der Waals surface area contributed by atoms with E-state index in [-0.39, 0.29) is 5.91 Å². The Morgan fingerprint density at radius 1 is 1.27 bits per heavy atom. The summed E-state index contributed by atoms with van der Waals surface area (Å²) < 4.78 is 6.71. The molecule has 0 aliphatic carbocycles. The molecule has 0 aromatic carbocycles. The highest BCUT2D eigenvalue weighted by atomic mass is 16.5. The topological polar surface area (TPSA) is 73.2 Å². The maximum absolute atomic E-state index is 12.4. The number of aryl methyl sites for hydroxylation is 1. The van der Waals surface area contributed by atoms with Crippen LogP contribution in [0.15, 0.2) is 24.5 Å². The van der Waals surface area contributed by atoms with E-state index in [4.69, 9.17) is 0 Å². The number of aromatic nitrogens is 2. The molecule has 2 rings (SSSR count). The van der Waals surface area contributed by atoms with Crippen molar-refractivity contribution < 1.29 is 14.3 Å². The Morgan fingerprint density at radius 3 is 2.59 bits per heavy atom. The predicted octanol–water partition coefficient (Wildman–Crippen LogP) is 2.56. The van der Waals surface area contributed by atoms with E-state index in [1.165, 1.54) is 25.6 Å². The van der Waals surface area contributed by atoms with Crippen molar-refractivity contribution in [2.75, 3.05) is 12.4 Å². The fraction of sp³-hybridized carbons (Fsp3) is 0.312. The number of hydrogen-bond donors (Lipinski definition) is 1. The molecule has 2 heterocycles. The van der Waals surface area contributed by atoms with E-state index in [0.717, 1.165) is 17.9 Å². The standard InChI is InChI=1S/C16H19N3O3/c1-5-19-10(2)6-14(11(19)3)15(20)18-13-7-12(8-17-9-13)16(21)22-4/h6-9H,5H2,1-4H3,(H,18,20). The van der Waals surface area contributed by atoms with Crippen molar-refractivity contribution in [1.82, 2.24) is 9.55 Å². The van der Waals surface area contributed by atoms with E-state index in [0.29, 0.717) is 16.8 Å². The highest BCUT2D eigenvalue weighted by Gasteiger charge is 2.16. The van der Waals surface area contributed by atoms with E-state index in [9.17, 15) is 9.59 Å². The number of pyridine rings is 1. The zero-order chi connectivity index (χ0) is 16.3. The van der Waals surface area contributed by atoms with E-state index in [1.54, 1.807) is 0 Å². The lowest BCUT2D eigenvalue weighted by atomic mass is 10.2. The van der Waals surface area contributed by atoms with E-state index < -0.39 is 5.97 Å². The molecule has 0 fully saturated rings. The number of carbonyl (C=O) groups excluding carboxylic acids is 2. The Labute approximate surface area is 129 Å². The van der Waals surface area contributed by atoms with Crippen LogP contribution < -0.4 is 5.32 Å². The highest BCUT2D eigenvalue weighted by molar-refractivity contribution is 6.05. The van der Waals surface area contributed by atoms with Crippen LogP contribution in [0, 0.1) is 13.8 Å². The van der Waals surface area contributed by atoms with Crippen LogP contribution in [-0.4, -0.2) is 28.5 Å². The van der Waals surface area contributed by atoms with Crippen molar-refractivity contribution >= 4 is 17.6 Å². The molecule has 0 aliphatic rings. The lowest BCUT2D eigenvalue weighted by molar-refractivity contribution is 0.0600. The van der Waals surface area contributed by atoms with Crippen LogP contribution in [0.3, 0.4) is 0 Å². The molecule has 6 heteroatoms. The van der Waals surface area contributed by atoms with Gasteiger partial charge in [-0.05, 0) is 32.9 Å². The smallest absolute Gasteiger partial charge is 0.339 e. The Morgan fingerprint density at radius 2 is 2.00 bits per heavy atom. The van der Waals surface area contributed by atoms with Gasteiger partial charge >= 0.3 is 5.97 Å². The number of methoxy groups -OCH3 is 1. The fourth-order valence-corrected chi connectivity index (χ4v) is 2.45. The molecule has 0 unspecified atom stereocenters. The molecule has 0 radical (unpaired) electrons. The SMILES string of the molecule is CCn1c(C)cc(C(=O)Nc2cncc(C(=O)OC)c2)c1C. The van der Waals surface area contributed by atoms with Gasteiger partial charge in [0.25, 0.3) is 5.91 Å². The second-order valence-corrected chi connectivity index (χ2v) is 4.94. The third-order valence-corrected chi connectivity index (χ3v) is 3.55. The Balaban J connectivity index is 2.24. The van der Waals surface area contributed by atoms with Gasteiger partial charge in [0.15, 0.2) is 0 Å². The molecular formula is C16H19N3O3. The van der Waals surface area contributed by atoms with Crippen LogP contribution in [0.4, 0.5) is 5.69 Å². The van der Waals surface area contributed by atoms with Crippen LogP contribution in [0.2, 0.25) is 0 Å². The van der Waals surface area contributed by atoms with Crippen molar-refractivity contribution in [3.8, 4) is 0 Å². The van der Waals surface area contributed by atoms with Crippen LogP contribution in [-0.2, 0) is 11.3 Å². The minimum atomic E-state index is -0.493. The molecule has 0 saturated heterocycles. The minimum absolute atomic E-state index is 0.225. The van der Waals surface area contributed by atoms with Crippen LogP contribution in [0.1, 0.15) is 39.0 Å². The van der Waals surface area contributed by atoms with Gasteiger partial charge in [-0.25, -0.2) is 4.79 Å². The monoisotopic (exact) mass is 301 g/mol. The van der Waals surface area contributed by atoms with Gasteiger partial charge in [0, 0.05) is 24.1 Å². The lowest BCUT2D eigenvalue weighted by Gasteiger charge is -2.07. The maximum atomic E-state index is 12.4. The predicted molar refractivity (Wildman–Crippen MR) is 83.1 cm³/mol. The Kier molecular flexibility index (Phi) is 4.60. The third-order valence-electron chi connectivity index (χ3n) is 3.55. The fourth-order valence-electron chi connectivity index (χ4n) is 2.45. The van der Waals surface area contributed by atoms with Gasteiger partial charge in [0.05, 0.1) is 30.1 Å². The molecule has 22 heavy (non-hydrogen) atoms. The van der Waals surface area contributed by atoms with E-state index >= 15 is 0 Å². The summed E-state index contributed by atoms with van der Waals surface area (Å²) in [6.07, 6.45) is 2.88. The second-order valence-electron chi connectivity index (χ2n) is 4.94. The summed E-state index contributed by atoms with van der Waals surface area (Å²) in [4.78, 5) is 27.8. The quantitative estimate of drug-likeness (QED) is 0.881. The van der Waals surface area contributed by atoms with E-state index in [1.807, 2.05) is 26.8 Å². The average Bonchev–Trinajstić information content (AvgIpc) is 2.81. The van der Waals surface area contributed by atoms with Gasteiger partial charge in [0.1, 0.15) is 0 Å². The largest absolute Gasteiger partial charge is 0.465 e. The second kappa shape index (κ2) is 6.43. The summed E-state index contributed by atoms with van der Waals surface area (Å²) in [5, 5.41) is 2.76. The Hall–Kier alpha value is -2.63. The number of anilines is 1. The molecule has 116 valence electrons. The van der Waals surface area contributed by atoms with Crippen LogP contribution in [0.5, 0.6) is 0 Å². The number of carbonyl (C=O) groups is 2. The average molecular weight is 301 g/mol. The molecule has 0 atom stereocenters. The van der Waals surface area contributed by atoms with Crippen molar-refractivity contribution in [2.24, 2.45) is 0 Å². The lowest BCUT2D eigenvalue weighted by Crippen LogP contribution is -2.14. The van der Waals surface area contributed by atoms with Crippen molar-refractivity contribution in [1.29, 1.82) is 0 Å². The zero-order valence-electron chi connectivity index (χ0n) is 13.1. The molecule has 1 N–H and O–H groups in total. The summed E-state index contributed by atoms with van der Waals surface area (Å²) in [5.41, 5.74) is 3.30. The molecule has 2 aromatic rings. The van der Waals surface area contributed by atoms with Crippen molar-refractivity contribution in [2.45, 2.75) is 27.3 Å². The normalized spacial score (nSPS) is 10.4. The zero-order valence-corrected chi connectivity index (χ0v) is 13.1. The number of hydrogen-bond acceptors (Lipinski definition) is 4. The molecule has 1 amide bonds. The van der Waals surface area contributed by atoms with E-state index in [2.05, 4.69) is 19.6 Å². The van der Waals surface area contributed by atoms with Gasteiger partial charge in [-0.15, -0.1) is 0 Å². The molecule has 2 aromatic heterocycles. The first-order valence-electron chi connectivity index (χ1n) is 6.99. The first-order valence-corrected chi connectivity index (χ1v) is 6.99. The first-order chi connectivity index (χ1) is 10.5. The van der Waals surface area contributed by atoms with Gasteiger partial charge in [-0.1, -0.05) is 0 Å². The number of nitrogens with one attached hydrogen (secondary N) is 1. The molecule has 0 aliphatic heterocycles. The third kappa shape index (κ3) is 3.00. The summed E-state index contributed by atoms with van der Waals surface area (Å²) in [7, 11) is 1.30. The molecular weight excluding hydrogens is 282 g/mol. The molecule has 6 nitrogen and oxygen atoms in total. The maximum Gasteiger partial charge on any atom is 0.339 e. The number of amides is 1. The highest BCUT2D eigenvalue weighted by Crippen LogP contribution is 2.17. The Bertz CT molecular complexity index is 719. The number of nitrogens with zero attached hydrogens (tertiary/aromatic N) is 2. The number of ether oxygens (including phenoxy) is 1. The van der Waals surface area contributed by atoms with Gasteiger partial charge in [0.2, 0.25) is 0 Å². The summed E-state index contributed by atoms with van der Waals surface area (Å²) in [6, 6.07) is 3.39. The molecule has 0 bridgehead atoms. The minimum Gasteiger partial charge on any atom is -0.465 e. The van der Waals surface area contributed by atoms with Gasteiger partial charge in [-0.3, -0.25) is 9.78 Å². The summed E-state index contributed by atoms with van der Waals surface area (Å²) in [6.45, 7) is 6.72. The number of rotatable bonds is 4. The summed E-state index contributed by atoms with van der Waals surface area (Å²) >= 11 is 0.